The monoisotopic (exact) mass is 314 g/mol. The van der Waals surface area contributed by atoms with E-state index in [4.69, 9.17) is 4.52 Å². The van der Waals surface area contributed by atoms with Gasteiger partial charge in [-0.1, -0.05) is 18.1 Å². The summed E-state index contributed by atoms with van der Waals surface area (Å²) in [4.78, 5) is 16.5. The molecule has 1 aliphatic heterocycles. The predicted octanol–water partition coefficient (Wildman–Crippen LogP) is 2.69. The third-order valence-electron chi connectivity index (χ3n) is 4.14. The Hall–Kier alpha value is -2.21. The van der Waals surface area contributed by atoms with Gasteiger partial charge in [-0.3, -0.25) is 4.79 Å². The first-order chi connectivity index (χ1) is 11.2. The fourth-order valence-electron chi connectivity index (χ4n) is 2.76. The summed E-state index contributed by atoms with van der Waals surface area (Å²) in [7, 11) is 0. The molecule has 1 aliphatic rings. The van der Waals surface area contributed by atoms with Crippen LogP contribution >= 0.6 is 0 Å². The van der Waals surface area contributed by atoms with E-state index in [-0.39, 0.29) is 5.91 Å². The number of hydrogen-bond donors (Lipinski definition) is 2. The van der Waals surface area contributed by atoms with E-state index in [1.165, 1.54) is 0 Å². The quantitative estimate of drug-likeness (QED) is 0.887. The zero-order valence-electron chi connectivity index (χ0n) is 13.6. The molecule has 0 saturated carbocycles. The number of hydrogen-bond acceptors (Lipinski definition) is 5. The first kappa shape index (κ1) is 15.7. The second-order valence-electron chi connectivity index (χ2n) is 5.94. The Morgan fingerprint density at radius 3 is 3.04 bits per heavy atom. The normalized spacial score (nSPS) is 17.4. The molecule has 1 saturated heterocycles. The average molecular weight is 314 g/mol. The van der Waals surface area contributed by atoms with Crippen LogP contribution in [0.4, 0.5) is 5.69 Å². The third kappa shape index (κ3) is 3.76. The maximum Gasteiger partial charge on any atom is 0.257 e. The minimum Gasteiger partial charge on any atom is -0.334 e. The van der Waals surface area contributed by atoms with E-state index in [0.717, 1.165) is 42.6 Å². The van der Waals surface area contributed by atoms with Gasteiger partial charge in [-0.25, -0.2) is 0 Å². The zero-order valence-corrected chi connectivity index (χ0v) is 13.6. The second kappa shape index (κ2) is 6.91. The molecule has 2 N–H and O–H groups in total. The summed E-state index contributed by atoms with van der Waals surface area (Å²) >= 11 is 0. The molecule has 1 unspecified atom stereocenters. The summed E-state index contributed by atoms with van der Waals surface area (Å²) in [6, 6.07) is 6.06. The summed E-state index contributed by atoms with van der Waals surface area (Å²) in [6.07, 6.45) is 3.44. The number of aryl methyl sites for hydroxylation is 2. The lowest BCUT2D eigenvalue weighted by molar-refractivity contribution is -0.116. The molecule has 0 bridgehead atoms. The van der Waals surface area contributed by atoms with Gasteiger partial charge in [-0.05, 0) is 44.0 Å². The van der Waals surface area contributed by atoms with E-state index in [1.54, 1.807) is 0 Å². The van der Waals surface area contributed by atoms with Crippen molar-refractivity contribution in [1.29, 1.82) is 0 Å². The van der Waals surface area contributed by atoms with Crippen LogP contribution in [0.25, 0.3) is 11.5 Å². The lowest BCUT2D eigenvalue weighted by atomic mass is 10.1. The van der Waals surface area contributed by atoms with E-state index in [1.807, 2.05) is 32.0 Å². The molecule has 1 aromatic carbocycles. The van der Waals surface area contributed by atoms with Crippen molar-refractivity contribution in [3.63, 3.8) is 0 Å². The van der Waals surface area contributed by atoms with E-state index in [0.29, 0.717) is 24.2 Å². The van der Waals surface area contributed by atoms with Crippen molar-refractivity contribution in [3.05, 3.63) is 29.6 Å². The number of carbonyl (C=O) groups excluding carboxylic acids is 1. The summed E-state index contributed by atoms with van der Waals surface area (Å²) in [6.45, 7) is 4.95. The van der Waals surface area contributed by atoms with Crippen LogP contribution in [0, 0.1) is 6.92 Å². The molecule has 0 spiro atoms. The van der Waals surface area contributed by atoms with Gasteiger partial charge in [0.2, 0.25) is 5.91 Å². The van der Waals surface area contributed by atoms with Crippen molar-refractivity contribution in [3.8, 4) is 11.5 Å². The molecule has 1 atom stereocenters. The van der Waals surface area contributed by atoms with E-state index in [2.05, 4.69) is 20.8 Å². The van der Waals surface area contributed by atoms with E-state index < -0.39 is 0 Å². The topological polar surface area (TPSA) is 80.0 Å². The van der Waals surface area contributed by atoms with Crippen molar-refractivity contribution in [2.75, 3.05) is 11.9 Å². The highest BCUT2D eigenvalue weighted by atomic mass is 16.5. The fourth-order valence-corrected chi connectivity index (χ4v) is 2.76. The minimum absolute atomic E-state index is 0.0319. The minimum atomic E-state index is 0.0319. The number of amides is 1. The molecule has 2 aromatic rings. The molecule has 6 heteroatoms. The Balaban J connectivity index is 1.73. The number of rotatable bonds is 5. The van der Waals surface area contributed by atoms with Crippen LogP contribution in [-0.4, -0.2) is 28.6 Å². The van der Waals surface area contributed by atoms with Gasteiger partial charge >= 0.3 is 0 Å². The van der Waals surface area contributed by atoms with Crippen molar-refractivity contribution >= 4 is 11.6 Å². The number of anilines is 1. The lowest BCUT2D eigenvalue weighted by Crippen LogP contribution is -2.27. The van der Waals surface area contributed by atoms with Gasteiger partial charge in [0, 0.05) is 30.1 Å². The first-order valence-electron chi connectivity index (χ1n) is 8.12. The van der Waals surface area contributed by atoms with Gasteiger partial charge in [0.15, 0.2) is 5.82 Å². The number of nitrogens with zero attached hydrogens (tertiary/aromatic N) is 2. The standard InChI is InChI=1S/C17H22N4O2/c1-3-15-20-17(23-21-15)12-7-6-11(2)14(9-12)19-16(22)10-13-5-4-8-18-13/h6-7,9,13,18H,3-5,8,10H2,1-2H3,(H,19,22). The van der Waals surface area contributed by atoms with E-state index >= 15 is 0 Å². The molecule has 6 nitrogen and oxygen atoms in total. The van der Waals surface area contributed by atoms with Crippen LogP contribution in [-0.2, 0) is 11.2 Å². The third-order valence-corrected chi connectivity index (χ3v) is 4.14. The zero-order chi connectivity index (χ0) is 16.2. The van der Waals surface area contributed by atoms with Gasteiger partial charge in [0.1, 0.15) is 0 Å². The van der Waals surface area contributed by atoms with Crippen molar-refractivity contribution < 1.29 is 9.32 Å². The molecule has 23 heavy (non-hydrogen) atoms. The number of carbonyl (C=O) groups is 1. The van der Waals surface area contributed by atoms with Crippen molar-refractivity contribution in [1.82, 2.24) is 15.5 Å². The number of nitrogens with one attached hydrogen (secondary N) is 2. The predicted molar refractivity (Wildman–Crippen MR) is 88.1 cm³/mol. The fraction of sp³-hybridized carbons (Fsp3) is 0.471. The van der Waals surface area contributed by atoms with Crippen LogP contribution in [0.3, 0.4) is 0 Å². The Morgan fingerprint density at radius 1 is 1.48 bits per heavy atom. The van der Waals surface area contributed by atoms with Crippen LogP contribution < -0.4 is 10.6 Å². The SMILES string of the molecule is CCc1noc(-c2ccc(C)c(NC(=O)CC3CCCN3)c2)n1. The van der Waals surface area contributed by atoms with Crippen LogP contribution in [0.5, 0.6) is 0 Å². The molecule has 122 valence electrons. The lowest BCUT2D eigenvalue weighted by Gasteiger charge is -2.12. The number of aromatic nitrogens is 2. The Morgan fingerprint density at radius 2 is 2.35 bits per heavy atom. The van der Waals surface area contributed by atoms with Gasteiger partial charge in [0.25, 0.3) is 5.89 Å². The smallest absolute Gasteiger partial charge is 0.257 e. The highest BCUT2D eigenvalue weighted by molar-refractivity contribution is 5.92. The molecule has 2 heterocycles. The molecule has 1 amide bonds. The Labute approximate surface area is 135 Å². The average Bonchev–Trinajstić information content (AvgIpc) is 3.20. The van der Waals surface area contributed by atoms with Gasteiger partial charge in [-0.2, -0.15) is 4.98 Å². The van der Waals surface area contributed by atoms with E-state index in [9.17, 15) is 4.79 Å². The largest absolute Gasteiger partial charge is 0.334 e. The first-order valence-corrected chi connectivity index (χ1v) is 8.12. The molecule has 1 aromatic heterocycles. The summed E-state index contributed by atoms with van der Waals surface area (Å²) in [5, 5.41) is 10.3. The molecule has 0 aliphatic carbocycles. The maximum absolute atomic E-state index is 12.2. The van der Waals surface area contributed by atoms with Gasteiger partial charge in [0.05, 0.1) is 0 Å². The van der Waals surface area contributed by atoms with Crippen LogP contribution in [0.2, 0.25) is 0 Å². The van der Waals surface area contributed by atoms with Gasteiger partial charge in [-0.15, -0.1) is 0 Å². The number of benzene rings is 1. The molecule has 3 rings (SSSR count). The summed E-state index contributed by atoms with van der Waals surface area (Å²) in [5.41, 5.74) is 2.62. The second-order valence-corrected chi connectivity index (χ2v) is 5.94. The molecular formula is C17H22N4O2. The molecule has 0 radical (unpaired) electrons. The summed E-state index contributed by atoms with van der Waals surface area (Å²) < 4.78 is 5.27. The van der Waals surface area contributed by atoms with Crippen LogP contribution in [0.1, 0.15) is 37.6 Å². The van der Waals surface area contributed by atoms with Gasteiger partial charge < -0.3 is 15.2 Å². The van der Waals surface area contributed by atoms with Crippen LogP contribution in [0.15, 0.2) is 22.7 Å². The Kier molecular flexibility index (Phi) is 4.71. The highest BCUT2D eigenvalue weighted by Gasteiger charge is 2.18. The highest BCUT2D eigenvalue weighted by Crippen LogP contribution is 2.25. The molecule has 1 fully saturated rings. The van der Waals surface area contributed by atoms with Crippen molar-refractivity contribution in [2.24, 2.45) is 0 Å². The van der Waals surface area contributed by atoms with Crippen molar-refractivity contribution in [2.45, 2.75) is 45.6 Å². The summed E-state index contributed by atoms with van der Waals surface area (Å²) in [5.74, 6) is 1.19. The maximum atomic E-state index is 12.2. The molecular weight excluding hydrogens is 292 g/mol. The Bertz CT molecular complexity index is 690.